The third kappa shape index (κ3) is 6.04. The molecule has 1 amide bonds. The molecule has 0 fully saturated rings. The molecule has 26 heavy (non-hydrogen) atoms. The van der Waals surface area contributed by atoms with Crippen molar-refractivity contribution in [3.8, 4) is 11.5 Å². The normalized spacial score (nSPS) is 10.7. The van der Waals surface area contributed by atoms with Crippen molar-refractivity contribution >= 4 is 27.5 Å². The third-order valence-corrected chi connectivity index (χ3v) is 4.41. The molecule has 2 rings (SSSR count). The second-order valence-corrected chi connectivity index (χ2v) is 6.69. The van der Waals surface area contributed by atoms with E-state index >= 15 is 0 Å². The van der Waals surface area contributed by atoms with Crippen LogP contribution in [-0.2, 0) is 11.3 Å². The minimum absolute atomic E-state index is 0.0776. The van der Waals surface area contributed by atoms with Gasteiger partial charge in [0.15, 0.2) is 11.5 Å². The molecule has 1 N–H and O–H groups in total. The zero-order valence-corrected chi connectivity index (χ0v) is 17.0. The van der Waals surface area contributed by atoms with Gasteiger partial charge in [0.2, 0.25) is 5.91 Å². The van der Waals surface area contributed by atoms with E-state index in [9.17, 15) is 4.79 Å². The van der Waals surface area contributed by atoms with E-state index in [2.05, 4.69) is 21.2 Å². The van der Waals surface area contributed by atoms with Gasteiger partial charge in [-0.2, -0.15) is 0 Å². The molecule has 0 spiro atoms. The quantitative estimate of drug-likeness (QED) is 0.656. The molecule has 0 unspecified atom stereocenters. The van der Waals surface area contributed by atoms with Crippen molar-refractivity contribution in [1.82, 2.24) is 4.90 Å². The second kappa shape index (κ2) is 10.2. The Hall–Kier alpha value is -2.05. The van der Waals surface area contributed by atoms with Crippen LogP contribution >= 0.6 is 15.9 Å². The van der Waals surface area contributed by atoms with Crippen molar-refractivity contribution in [2.45, 2.75) is 20.4 Å². The minimum atomic E-state index is -0.0776. The van der Waals surface area contributed by atoms with E-state index in [4.69, 9.17) is 9.47 Å². The number of nitrogens with zero attached hydrogens (tertiary/aromatic N) is 1. The second-order valence-electron chi connectivity index (χ2n) is 5.84. The molecule has 0 aliphatic rings. The van der Waals surface area contributed by atoms with E-state index in [0.717, 1.165) is 10.0 Å². The minimum Gasteiger partial charge on any atom is -0.490 e. The average Bonchev–Trinajstić information content (AvgIpc) is 2.59. The van der Waals surface area contributed by atoms with Gasteiger partial charge in [0.1, 0.15) is 0 Å². The molecule has 0 heterocycles. The molecule has 0 aromatic heterocycles. The van der Waals surface area contributed by atoms with E-state index in [1.807, 2.05) is 62.2 Å². The van der Waals surface area contributed by atoms with Gasteiger partial charge in [0, 0.05) is 22.8 Å². The SMILES string of the molecule is CCOc1ccc(NC(=O)CN(C)Cc2ccccc2Br)cc1OCC. The van der Waals surface area contributed by atoms with Crippen LogP contribution in [0.1, 0.15) is 19.4 Å². The van der Waals surface area contributed by atoms with Crippen LogP contribution in [0.25, 0.3) is 0 Å². The third-order valence-electron chi connectivity index (χ3n) is 3.64. The number of benzene rings is 2. The summed E-state index contributed by atoms with van der Waals surface area (Å²) in [5, 5.41) is 2.91. The maximum Gasteiger partial charge on any atom is 0.238 e. The fourth-order valence-electron chi connectivity index (χ4n) is 2.55. The fourth-order valence-corrected chi connectivity index (χ4v) is 2.96. The number of hydrogen-bond donors (Lipinski definition) is 1. The molecule has 0 saturated heterocycles. The molecule has 0 saturated carbocycles. The summed E-state index contributed by atoms with van der Waals surface area (Å²) in [5.41, 5.74) is 1.83. The van der Waals surface area contributed by atoms with E-state index < -0.39 is 0 Å². The highest BCUT2D eigenvalue weighted by molar-refractivity contribution is 9.10. The van der Waals surface area contributed by atoms with Crippen molar-refractivity contribution in [2.75, 3.05) is 32.1 Å². The van der Waals surface area contributed by atoms with E-state index in [1.54, 1.807) is 6.07 Å². The number of anilines is 1. The number of carbonyl (C=O) groups is 1. The summed E-state index contributed by atoms with van der Waals surface area (Å²) in [5.74, 6) is 1.23. The molecule has 5 nitrogen and oxygen atoms in total. The molecule has 140 valence electrons. The van der Waals surface area contributed by atoms with Gasteiger partial charge in [-0.3, -0.25) is 9.69 Å². The lowest BCUT2D eigenvalue weighted by Crippen LogP contribution is -2.29. The molecule has 6 heteroatoms. The van der Waals surface area contributed by atoms with Crippen molar-refractivity contribution in [3.63, 3.8) is 0 Å². The van der Waals surface area contributed by atoms with E-state index in [0.29, 0.717) is 43.5 Å². The summed E-state index contributed by atoms with van der Waals surface area (Å²) in [7, 11) is 1.92. The Morgan fingerprint density at radius 2 is 1.77 bits per heavy atom. The molecular formula is C20H25BrN2O3. The molecule has 0 atom stereocenters. The maximum atomic E-state index is 12.3. The zero-order chi connectivity index (χ0) is 18.9. The summed E-state index contributed by atoms with van der Waals surface area (Å²) in [6.07, 6.45) is 0. The average molecular weight is 421 g/mol. The smallest absolute Gasteiger partial charge is 0.238 e. The monoisotopic (exact) mass is 420 g/mol. The number of hydrogen-bond acceptors (Lipinski definition) is 4. The number of nitrogens with one attached hydrogen (secondary N) is 1. The summed E-state index contributed by atoms with van der Waals surface area (Å²) in [4.78, 5) is 14.3. The topological polar surface area (TPSA) is 50.8 Å². The highest BCUT2D eigenvalue weighted by atomic mass is 79.9. The van der Waals surface area contributed by atoms with Gasteiger partial charge in [-0.15, -0.1) is 0 Å². The first-order valence-electron chi connectivity index (χ1n) is 8.65. The molecule has 0 aliphatic heterocycles. The van der Waals surface area contributed by atoms with Gasteiger partial charge in [-0.1, -0.05) is 34.1 Å². The van der Waals surface area contributed by atoms with E-state index in [1.165, 1.54) is 0 Å². The van der Waals surface area contributed by atoms with Crippen LogP contribution in [0.2, 0.25) is 0 Å². The lowest BCUT2D eigenvalue weighted by molar-refractivity contribution is -0.117. The number of halogens is 1. The lowest BCUT2D eigenvalue weighted by atomic mass is 10.2. The number of likely N-dealkylation sites (N-methyl/N-ethyl adjacent to an activating group) is 1. The van der Waals surface area contributed by atoms with Crippen molar-refractivity contribution < 1.29 is 14.3 Å². The van der Waals surface area contributed by atoms with Crippen molar-refractivity contribution in [2.24, 2.45) is 0 Å². The van der Waals surface area contributed by atoms with Crippen LogP contribution in [0, 0.1) is 0 Å². The molecule has 2 aromatic carbocycles. The van der Waals surface area contributed by atoms with Crippen LogP contribution in [0.15, 0.2) is 46.9 Å². The Morgan fingerprint density at radius 3 is 2.46 bits per heavy atom. The summed E-state index contributed by atoms with van der Waals surface area (Å²) in [6, 6.07) is 13.4. The molecule has 0 bridgehead atoms. The van der Waals surface area contributed by atoms with Gasteiger partial charge in [-0.25, -0.2) is 0 Å². The Bertz CT molecular complexity index is 737. The molecule has 0 radical (unpaired) electrons. The van der Waals surface area contributed by atoms with Gasteiger partial charge in [-0.05, 0) is 44.7 Å². The predicted molar refractivity (Wildman–Crippen MR) is 108 cm³/mol. The summed E-state index contributed by atoms with van der Waals surface area (Å²) in [6.45, 7) is 5.91. The van der Waals surface area contributed by atoms with Gasteiger partial charge in [0.05, 0.1) is 19.8 Å². The van der Waals surface area contributed by atoms with Crippen LogP contribution in [0.3, 0.4) is 0 Å². The highest BCUT2D eigenvalue weighted by Crippen LogP contribution is 2.30. The number of rotatable bonds is 9. The fraction of sp³-hybridized carbons (Fsp3) is 0.350. The van der Waals surface area contributed by atoms with Gasteiger partial charge in [0.25, 0.3) is 0 Å². The number of amides is 1. The molecular weight excluding hydrogens is 396 g/mol. The lowest BCUT2D eigenvalue weighted by Gasteiger charge is -2.18. The predicted octanol–water partition coefficient (Wildman–Crippen LogP) is 4.32. The summed E-state index contributed by atoms with van der Waals surface area (Å²) >= 11 is 3.53. The van der Waals surface area contributed by atoms with Crippen LogP contribution in [0.5, 0.6) is 11.5 Å². The first kappa shape index (κ1) is 20.3. The van der Waals surface area contributed by atoms with E-state index in [-0.39, 0.29) is 5.91 Å². The van der Waals surface area contributed by atoms with Crippen LogP contribution in [0.4, 0.5) is 5.69 Å². The largest absolute Gasteiger partial charge is 0.490 e. The Labute approximate surface area is 163 Å². The maximum absolute atomic E-state index is 12.3. The highest BCUT2D eigenvalue weighted by Gasteiger charge is 2.11. The van der Waals surface area contributed by atoms with Crippen LogP contribution in [-0.4, -0.2) is 37.6 Å². The van der Waals surface area contributed by atoms with Crippen LogP contribution < -0.4 is 14.8 Å². The van der Waals surface area contributed by atoms with Gasteiger partial charge < -0.3 is 14.8 Å². The molecule has 2 aromatic rings. The first-order valence-corrected chi connectivity index (χ1v) is 9.44. The van der Waals surface area contributed by atoms with Gasteiger partial charge >= 0.3 is 0 Å². The number of carbonyl (C=O) groups excluding carboxylic acids is 1. The van der Waals surface area contributed by atoms with Crippen molar-refractivity contribution in [1.29, 1.82) is 0 Å². The summed E-state index contributed by atoms with van der Waals surface area (Å²) < 4.78 is 12.2. The molecule has 0 aliphatic carbocycles. The zero-order valence-electron chi connectivity index (χ0n) is 15.4. The first-order chi connectivity index (χ1) is 12.5. The Kier molecular flexibility index (Phi) is 7.94. The number of ether oxygens (including phenoxy) is 2. The standard InChI is InChI=1S/C20H25BrN2O3/c1-4-25-18-11-10-16(12-19(18)26-5-2)22-20(24)14-23(3)13-15-8-6-7-9-17(15)21/h6-12H,4-5,13-14H2,1-3H3,(H,22,24). The van der Waals surface area contributed by atoms with Crippen molar-refractivity contribution in [3.05, 3.63) is 52.5 Å². The Morgan fingerprint density at radius 1 is 1.08 bits per heavy atom. The Balaban J connectivity index is 1.96.